The SMILES string of the molecule is COc1ccccc1CN1C(=O)C(c2ccccc2)SC1=S. The lowest BCUT2D eigenvalue weighted by molar-refractivity contribution is -0.126. The highest BCUT2D eigenvalue weighted by Crippen LogP contribution is 2.40. The summed E-state index contributed by atoms with van der Waals surface area (Å²) >= 11 is 6.84. The van der Waals surface area contributed by atoms with E-state index in [2.05, 4.69) is 0 Å². The Balaban J connectivity index is 1.83. The zero-order valence-corrected chi connectivity index (χ0v) is 13.7. The molecule has 2 aromatic rings. The lowest BCUT2D eigenvalue weighted by atomic mass is 10.1. The molecule has 3 nitrogen and oxygen atoms in total. The summed E-state index contributed by atoms with van der Waals surface area (Å²) in [6.07, 6.45) is 0. The maximum absolute atomic E-state index is 12.7. The lowest BCUT2D eigenvalue weighted by Crippen LogP contribution is -2.28. The zero-order valence-electron chi connectivity index (χ0n) is 12.1. The van der Waals surface area contributed by atoms with Crippen molar-refractivity contribution in [1.29, 1.82) is 0 Å². The number of thiocarbonyl (C=S) groups is 1. The van der Waals surface area contributed by atoms with Crippen molar-refractivity contribution in [1.82, 2.24) is 4.90 Å². The molecule has 0 bridgehead atoms. The third kappa shape index (κ3) is 2.87. The smallest absolute Gasteiger partial charge is 0.246 e. The van der Waals surface area contributed by atoms with Gasteiger partial charge in [-0.3, -0.25) is 9.69 Å². The number of benzene rings is 2. The normalized spacial score (nSPS) is 17.9. The lowest BCUT2D eigenvalue weighted by Gasteiger charge is -2.17. The van der Waals surface area contributed by atoms with E-state index < -0.39 is 0 Å². The van der Waals surface area contributed by atoms with Gasteiger partial charge in [0.05, 0.1) is 13.7 Å². The molecule has 0 saturated carbocycles. The van der Waals surface area contributed by atoms with E-state index in [1.54, 1.807) is 12.0 Å². The van der Waals surface area contributed by atoms with Crippen LogP contribution in [0.25, 0.3) is 0 Å². The Bertz CT molecular complexity index is 703. The summed E-state index contributed by atoms with van der Waals surface area (Å²) < 4.78 is 5.97. The average molecular weight is 329 g/mol. The highest BCUT2D eigenvalue weighted by Gasteiger charge is 2.38. The molecule has 0 spiro atoms. The Labute approximate surface area is 139 Å². The van der Waals surface area contributed by atoms with Crippen LogP contribution < -0.4 is 4.74 Å². The number of rotatable bonds is 4. The summed E-state index contributed by atoms with van der Waals surface area (Å²) in [6, 6.07) is 17.4. The Morgan fingerprint density at radius 3 is 2.55 bits per heavy atom. The van der Waals surface area contributed by atoms with E-state index >= 15 is 0 Å². The Hall–Kier alpha value is -1.85. The molecule has 0 N–H and O–H groups in total. The number of carbonyl (C=O) groups excluding carboxylic acids is 1. The standard InChI is InChI=1S/C17H15NO2S2/c1-20-14-10-6-5-9-13(14)11-18-16(19)15(22-17(18)21)12-7-3-2-4-8-12/h2-10,15H,11H2,1H3. The number of hydrogen-bond acceptors (Lipinski definition) is 4. The minimum absolute atomic E-state index is 0.0344. The van der Waals surface area contributed by atoms with Gasteiger partial charge in [-0.2, -0.15) is 0 Å². The van der Waals surface area contributed by atoms with Crippen molar-refractivity contribution in [2.24, 2.45) is 0 Å². The predicted molar refractivity (Wildman–Crippen MR) is 92.9 cm³/mol. The van der Waals surface area contributed by atoms with Crippen LogP contribution in [0.15, 0.2) is 54.6 Å². The number of para-hydroxylation sites is 1. The number of nitrogens with zero attached hydrogens (tertiary/aromatic N) is 1. The molecule has 3 rings (SSSR count). The van der Waals surface area contributed by atoms with Gasteiger partial charge in [0.1, 0.15) is 15.3 Å². The molecule has 1 heterocycles. The van der Waals surface area contributed by atoms with Crippen LogP contribution in [0.4, 0.5) is 0 Å². The van der Waals surface area contributed by atoms with Gasteiger partial charge in [-0.15, -0.1) is 0 Å². The quantitative estimate of drug-likeness (QED) is 0.798. The van der Waals surface area contributed by atoms with E-state index in [0.29, 0.717) is 10.9 Å². The van der Waals surface area contributed by atoms with Crippen LogP contribution in [0, 0.1) is 0 Å². The number of ether oxygens (including phenoxy) is 1. The molecule has 1 aliphatic heterocycles. The molecule has 22 heavy (non-hydrogen) atoms. The summed E-state index contributed by atoms with van der Waals surface area (Å²) in [4.78, 5) is 14.4. The van der Waals surface area contributed by atoms with Gasteiger partial charge in [0.2, 0.25) is 5.91 Å². The summed E-state index contributed by atoms with van der Waals surface area (Å²) in [6.45, 7) is 0.442. The Morgan fingerprint density at radius 2 is 1.82 bits per heavy atom. The molecule has 2 aromatic carbocycles. The minimum Gasteiger partial charge on any atom is -0.496 e. The third-order valence-corrected chi connectivity index (χ3v) is 5.19. The fourth-order valence-corrected chi connectivity index (χ4v) is 3.88. The summed E-state index contributed by atoms with van der Waals surface area (Å²) in [5, 5.41) is -0.247. The van der Waals surface area contributed by atoms with E-state index in [-0.39, 0.29) is 11.2 Å². The van der Waals surface area contributed by atoms with Crippen molar-refractivity contribution in [2.45, 2.75) is 11.8 Å². The van der Waals surface area contributed by atoms with Gasteiger partial charge < -0.3 is 4.74 Å². The van der Waals surface area contributed by atoms with E-state index in [1.165, 1.54) is 11.8 Å². The monoisotopic (exact) mass is 329 g/mol. The van der Waals surface area contributed by atoms with Crippen molar-refractivity contribution in [3.05, 3.63) is 65.7 Å². The Morgan fingerprint density at radius 1 is 1.14 bits per heavy atom. The van der Waals surface area contributed by atoms with E-state index in [4.69, 9.17) is 17.0 Å². The summed E-state index contributed by atoms with van der Waals surface area (Å²) in [5.74, 6) is 0.804. The van der Waals surface area contributed by atoms with Crippen LogP contribution in [-0.4, -0.2) is 22.2 Å². The van der Waals surface area contributed by atoms with Crippen molar-refractivity contribution < 1.29 is 9.53 Å². The van der Waals surface area contributed by atoms with E-state index in [1.807, 2.05) is 54.6 Å². The van der Waals surface area contributed by atoms with Crippen molar-refractivity contribution >= 4 is 34.2 Å². The Kier molecular flexibility index (Phi) is 4.45. The van der Waals surface area contributed by atoms with Gasteiger partial charge in [-0.1, -0.05) is 72.5 Å². The fraction of sp³-hybridized carbons (Fsp3) is 0.176. The van der Waals surface area contributed by atoms with Crippen molar-refractivity contribution in [3.63, 3.8) is 0 Å². The van der Waals surface area contributed by atoms with Gasteiger partial charge in [-0.05, 0) is 11.6 Å². The molecular formula is C17H15NO2S2. The highest BCUT2D eigenvalue weighted by atomic mass is 32.2. The molecule has 0 radical (unpaired) electrons. The zero-order chi connectivity index (χ0) is 15.5. The van der Waals surface area contributed by atoms with Gasteiger partial charge in [-0.25, -0.2) is 0 Å². The first-order chi connectivity index (χ1) is 10.7. The van der Waals surface area contributed by atoms with Crippen LogP contribution in [0.2, 0.25) is 0 Å². The van der Waals surface area contributed by atoms with Crippen LogP contribution in [0.1, 0.15) is 16.4 Å². The van der Waals surface area contributed by atoms with E-state index in [9.17, 15) is 4.79 Å². The number of amides is 1. The largest absolute Gasteiger partial charge is 0.496 e. The summed E-state index contributed by atoms with van der Waals surface area (Å²) in [7, 11) is 1.63. The molecule has 0 aliphatic carbocycles. The van der Waals surface area contributed by atoms with Crippen LogP contribution in [0.5, 0.6) is 5.75 Å². The molecule has 1 saturated heterocycles. The summed E-state index contributed by atoms with van der Waals surface area (Å²) in [5.41, 5.74) is 1.94. The number of carbonyl (C=O) groups is 1. The van der Waals surface area contributed by atoms with Crippen molar-refractivity contribution in [3.8, 4) is 5.75 Å². The molecule has 1 aliphatic rings. The highest BCUT2D eigenvalue weighted by molar-refractivity contribution is 8.24. The maximum Gasteiger partial charge on any atom is 0.246 e. The maximum atomic E-state index is 12.7. The van der Waals surface area contributed by atoms with Gasteiger partial charge in [0, 0.05) is 5.56 Å². The average Bonchev–Trinajstić information content (AvgIpc) is 2.84. The molecule has 0 aromatic heterocycles. The molecule has 1 amide bonds. The number of hydrogen-bond donors (Lipinski definition) is 0. The second kappa shape index (κ2) is 6.50. The molecule has 1 unspecified atom stereocenters. The number of methoxy groups -OCH3 is 1. The van der Waals surface area contributed by atoms with E-state index in [0.717, 1.165) is 16.9 Å². The minimum atomic E-state index is -0.247. The second-order valence-electron chi connectivity index (χ2n) is 4.91. The molecular weight excluding hydrogens is 314 g/mol. The molecule has 5 heteroatoms. The van der Waals surface area contributed by atoms with Crippen LogP contribution in [0.3, 0.4) is 0 Å². The topological polar surface area (TPSA) is 29.5 Å². The fourth-order valence-electron chi connectivity index (χ4n) is 2.43. The molecule has 112 valence electrons. The predicted octanol–water partition coefficient (Wildman–Crippen LogP) is 3.80. The first-order valence-corrected chi connectivity index (χ1v) is 8.18. The van der Waals surface area contributed by atoms with Crippen LogP contribution >= 0.6 is 24.0 Å². The first kappa shape index (κ1) is 15.1. The van der Waals surface area contributed by atoms with Crippen molar-refractivity contribution in [2.75, 3.05) is 7.11 Å². The third-order valence-electron chi connectivity index (χ3n) is 3.55. The molecule has 1 fully saturated rings. The van der Waals surface area contributed by atoms with Crippen LogP contribution in [-0.2, 0) is 11.3 Å². The number of thioether (sulfide) groups is 1. The van der Waals surface area contributed by atoms with Gasteiger partial charge in [0.25, 0.3) is 0 Å². The van der Waals surface area contributed by atoms with Gasteiger partial charge >= 0.3 is 0 Å². The second-order valence-corrected chi connectivity index (χ2v) is 6.65. The molecule has 1 atom stereocenters. The van der Waals surface area contributed by atoms with Gasteiger partial charge in [0.15, 0.2) is 0 Å². The first-order valence-electron chi connectivity index (χ1n) is 6.89.